The van der Waals surface area contributed by atoms with Gasteiger partial charge in [0.15, 0.2) is 15.7 Å². The van der Waals surface area contributed by atoms with E-state index in [1.807, 2.05) is 60.7 Å². The summed E-state index contributed by atoms with van der Waals surface area (Å²) in [7, 11) is -2.92. The molecule has 3 heterocycles. The number of nitrogens with zero attached hydrogens (tertiary/aromatic N) is 4. The van der Waals surface area contributed by atoms with Crippen LogP contribution in [-0.4, -0.2) is 72.1 Å². The molecule has 6 rings (SSSR count). The second-order valence-corrected chi connectivity index (χ2v) is 12.4. The molecule has 9 nitrogen and oxygen atoms in total. The number of carbonyl (C=O) groups excluding carboxylic acids is 1. The molecule has 0 unspecified atom stereocenters. The summed E-state index contributed by atoms with van der Waals surface area (Å²) in [6.07, 6.45) is 0. The Kier molecular flexibility index (Phi) is 6.88. The van der Waals surface area contributed by atoms with E-state index in [4.69, 9.17) is 4.98 Å². The Hall–Kier alpha value is -4.02. The molecule has 2 fully saturated rings. The smallest absolute Gasteiger partial charge is 0.255 e. The maximum atomic E-state index is 12.9. The van der Waals surface area contributed by atoms with Crippen LogP contribution in [0.25, 0.3) is 11.4 Å². The number of H-pyrrole nitrogens is 1. The minimum absolute atomic E-state index is 0.186. The summed E-state index contributed by atoms with van der Waals surface area (Å²) < 4.78 is 23.4. The minimum atomic E-state index is -2.92. The number of sulfone groups is 1. The van der Waals surface area contributed by atoms with Crippen molar-refractivity contribution in [2.24, 2.45) is 0 Å². The highest BCUT2D eigenvalue weighted by Crippen LogP contribution is 2.30. The van der Waals surface area contributed by atoms with Crippen LogP contribution in [0.4, 0.5) is 11.4 Å². The maximum absolute atomic E-state index is 12.9. The highest BCUT2D eigenvalue weighted by atomic mass is 32.2. The fourth-order valence-corrected chi connectivity index (χ4v) is 6.25. The highest BCUT2D eigenvalue weighted by Gasteiger charge is 2.31. The number of anilines is 2. The third-order valence-corrected chi connectivity index (χ3v) is 8.93. The lowest BCUT2D eigenvalue weighted by molar-refractivity contribution is 0.102. The number of benzene rings is 3. The predicted molar refractivity (Wildman–Crippen MR) is 152 cm³/mol. The van der Waals surface area contributed by atoms with E-state index in [9.17, 15) is 13.2 Å². The van der Waals surface area contributed by atoms with Crippen LogP contribution in [0.5, 0.6) is 0 Å². The summed E-state index contributed by atoms with van der Waals surface area (Å²) in [5.74, 6) is 2.03. The maximum Gasteiger partial charge on any atom is 0.255 e. The number of amides is 1. The molecule has 0 radical (unpaired) electrons. The second-order valence-electron chi connectivity index (χ2n) is 10.1. The number of hydrogen-bond acceptors (Lipinski definition) is 7. The molecule has 1 amide bonds. The van der Waals surface area contributed by atoms with Crippen LogP contribution in [0.2, 0.25) is 0 Å². The van der Waals surface area contributed by atoms with E-state index < -0.39 is 9.84 Å². The SMILES string of the molecule is O=C(Nc1ccc(-c2n[nH]c(C3CN(c4ccccc4)C3)n2)cc1)c1cccc(CN2CCS(=O)(=O)CC2)c1. The molecule has 3 aromatic carbocycles. The average Bonchev–Trinajstić information content (AvgIpc) is 3.40. The van der Waals surface area contributed by atoms with Gasteiger partial charge in [0.2, 0.25) is 0 Å². The van der Waals surface area contributed by atoms with Gasteiger partial charge in [-0.1, -0.05) is 30.3 Å². The number of rotatable bonds is 7. The largest absolute Gasteiger partial charge is 0.370 e. The molecule has 4 aromatic rings. The van der Waals surface area contributed by atoms with Crippen LogP contribution in [-0.2, 0) is 16.4 Å². The van der Waals surface area contributed by atoms with E-state index in [0.29, 0.717) is 42.6 Å². The van der Waals surface area contributed by atoms with Crippen molar-refractivity contribution in [1.82, 2.24) is 20.1 Å². The third kappa shape index (κ3) is 5.86. The Balaban J connectivity index is 1.04. The normalized spacial score (nSPS) is 17.5. The van der Waals surface area contributed by atoms with Crippen LogP contribution in [0.15, 0.2) is 78.9 Å². The van der Waals surface area contributed by atoms with E-state index in [1.54, 1.807) is 6.07 Å². The van der Waals surface area contributed by atoms with Crippen molar-refractivity contribution in [1.29, 1.82) is 0 Å². The van der Waals surface area contributed by atoms with Crippen molar-refractivity contribution >= 4 is 27.1 Å². The van der Waals surface area contributed by atoms with Crippen LogP contribution in [0.3, 0.4) is 0 Å². The fraction of sp³-hybridized carbons (Fsp3) is 0.276. The Morgan fingerprint density at radius 2 is 1.69 bits per heavy atom. The monoisotopic (exact) mass is 542 g/mol. The lowest BCUT2D eigenvalue weighted by Gasteiger charge is -2.39. The van der Waals surface area contributed by atoms with Crippen molar-refractivity contribution in [2.45, 2.75) is 12.5 Å². The van der Waals surface area contributed by atoms with E-state index in [-0.39, 0.29) is 17.4 Å². The topological polar surface area (TPSA) is 111 Å². The quantitative estimate of drug-likeness (QED) is 0.367. The van der Waals surface area contributed by atoms with Gasteiger partial charge in [-0.2, -0.15) is 5.10 Å². The molecular weight excluding hydrogens is 512 g/mol. The van der Waals surface area contributed by atoms with Crippen molar-refractivity contribution in [3.8, 4) is 11.4 Å². The lowest BCUT2D eigenvalue weighted by atomic mass is 9.98. The van der Waals surface area contributed by atoms with E-state index in [2.05, 4.69) is 37.4 Å². The molecule has 1 aromatic heterocycles. The molecule has 0 aliphatic carbocycles. The standard InChI is InChI=1S/C29H30N6O3S/c36-29(23-6-4-5-21(17-23)18-34-13-15-39(37,38)16-14-34)30-25-11-9-22(10-12-25)27-31-28(33-32-27)24-19-35(20-24)26-7-2-1-3-8-26/h1-12,17,24H,13-16,18-20H2,(H,30,36)(H,31,32,33). The van der Waals surface area contributed by atoms with Crippen molar-refractivity contribution in [2.75, 3.05) is 47.9 Å². The zero-order valence-electron chi connectivity index (χ0n) is 21.5. The van der Waals surface area contributed by atoms with Crippen LogP contribution >= 0.6 is 0 Å². The van der Waals surface area contributed by atoms with Gasteiger partial charge in [0.25, 0.3) is 5.91 Å². The van der Waals surface area contributed by atoms with E-state index in [1.165, 1.54) is 5.69 Å². The molecule has 0 saturated carbocycles. The van der Waals surface area contributed by atoms with Gasteiger partial charge < -0.3 is 10.2 Å². The summed E-state index contributed by atoms with van der Waals surface area (Å²) in [4.78, 5) is 22.1. The Labute approximate surface area is 227 Å². The van der Waals surface area contributed by atoms with E-state index >= 15 is 0 Å². The first kappa shape index (κ1) is 25.3. The highest BCUT2D eigenvalue weighted by molar-refractivity contribution is 7.91. The zero-order valence-corrected chi connectivity index (χ0v) is 22.3. The average molecular weight is 543 g/mol. The van der Waals surface area contributed by atoms with Gasteiger partial charge in [-0.15, -0.1) is 0 Å². The zero-order chi connectivity index (χ0) is 26.8. The second kappa shape index (κ2) is 10.6. The number of aromatic nitrogens is 3. The van der Waals surface area contributed by atoms with Gasteiger partial charge in [-0.25, -0.2) is 13.4 Å². The summed E-state index contributed by atoms with van der Waals surface area (Å²) in [6.45, 7) is 3.47. The number of nitrogens with one attached hydrogen (secondary N) is 2. The Bertz CT molecular complexity index is 1550. The first-order valence-corrected chi connectivity index (χ1v) is 14.9. The minimum Gasteiger partial charge on any atom is -0.370 e. The number of hydrogen-bond donors (Lipinski definition) is 2. The van der Waals surface area contributed by atoms with Gasteiger partial charge in [0.1, 0.15) is 5.82 Å². The molecule has 200 valence electrons. The van der Waals surface area contributed by atoms with Crippen LogP contribution in [0, 0.1) is 0 Å². The van der Waals surface area contributed by atoms with Crippen molar-refractivity contribution in [3.63, 3.8) is 0 Å². The first-order chi connectivity index (χ1) is 18.9. The van der Waals surface area contributed by atoms with Gasteiger partial charge in [0.05, 0.1) is 17.4 Å². The summed E-state index contributed by atoms with van der Waals surface area (Å²) >= 11 is 0. The lowest BCUT2D eigenvalue weighted by Crippen LogP contribution is -2.45. The number of aromatic amines is 1. The molecule has 0 spiro atoms. The van der Waals surface area contributed by atoms with Crippen molar-refractivity contribution in [3.05, 3.63) is 95.8 Å². The van der Waals surface area contributed by atoms with Crippen LogP contribution in [0.1, 0.15) is 27.7 Å². The number of para-hydroxylation sites is 1. The van der Waals surface area contributed by atoms with Gasteiger partial charge >= 0.3 is 0 Å². The van der Waals surface area contributed by atoms with Gasteiger partial charge in [0, 0.05) is 55.2 Å². The molecule has 10 heteroatoms. The van der Waals surface area contributed by atoms with Gasteiger partial charge in [-0.05, 0) is 54.1 Å². The Morgan fingerprint density at radius 3 is 2.44 bits per heavy atom. The molecule has 0 atom stereocenters. The molecule has 2 aliphatic rings. The van der Waals surface area contributed by atoms with Gasteiger partial charge in [-0.3, -0.25) is 14.8 Å². The first-order valence-electron chi connectivity index (χ1n) is 13.1. The predicted octanol–water partition coefficient (Wildman–Crippen LogP) is 3.56. The van der Waals surface area contributed by atoms with Crippen molar-refractivity contribution < 1.29 is 13.2 Å². The van der Waals surface area contributed by atoms with Crippen LogP contribution < -0.4 is 10.2 Å². The summed E-state index contributed by atoms with van der Waals surface area (Å²) in [5, 5.41) is 10.5. The third-order valence-electron chi connectivity index (χ3n) is 7.33. The molecule has 0 bridgehead atoms. The Morgan fingerprint density at radius 1 is 0.949 bits per heavy atom. The fourth-order valence-electron chi connectivity index (χ4n) is 4.97. The summed E-state index contributed by atoms with van der Waals surface area (Å²) in [6, 6.07) is 25.3. The molecule has 2 saturated heterocycles. The molecule has 2 aliphatic heterocycles. The van der Waals surface area contributed by atoms with E-state index in [0.717, 1.165) is 30.0 Å². The number of carbonyl (C=O) groups is 1. The molecule has 2 N–H and O–H groups in total. The summed E-state index contributed by atoms with van der Waals surface area (Å²) in [5.41, 5.74) is 4.32. The molecular formula is C29H30N6O3S. The molecule has 39 heavy (non-hydrogen) atoms.